The van der Waals surface area contributed by atoms with E-state index in [9.17, 15) is 27.9 Å². The fraction of sp³-hybridized carbons (Fsp3) is 0.618. The second-order valence-corrected chi connectivity index (χ2v) is 13.7. The summed E-state index contributed by atoms with van der Waals surface area (Å²) in [6.45, 7) is 5.01. The molecule has 0 amide bonds. The van der Waals surface area contributed by atoms with Gasteiger partial charge in [-0.1, -0.05) is 26.3 Å². The van der Waals surface area contributed by atoms with E-state index >= 15 is 8.78 Å². The number of ether oxygens (including phenoxy) is 4. The Labute approximate surface area is 279 Å². The molecule has 0 spiro atoms. The highest BCUT2D eigenvalue weighted by Crippen LogP contribution is 2.72. The van der Waals surface area contributed by atoms with Gasteiger partial charge < -0.3 is 34.9 Å². The summed E-state index contributed by atoms with van der Waals surface area (Å²) < 4.78 is 89.2. The van der Waals surface area contributed by atoms with Gasteiger partial charge in [-0.15, -0.1) is 0 Å². The first-order valence-electron chi connectivity index (χ1n) is 16.0. The van der Waals surface area contributed by atoms with Crippen LogP contribution in [0.3, 0.4) is 0 Å². The molecule has 1 saturated heterocycles. The molecule has 0 bridgehead atoms. The number of hydrogen-bond donors (Lipinski definition) is 3. The average molecular weight is 702 g/mol. The first kappa shape index (κ1) is 36.7. The number of aliphatic carboxylic acids is 1. The quantitative estimate of drug-likeness (QED) is 0.260. The summed E-state index contributed by atoms with van der Waals surface area (Å²) in [7, 11) is 1.48. The van der Waals surface area contributed by atoms with Crippen molar-refractivity contribution in [3.05, 3.63) is 42.0 Å². The van der Waals surface area contributed by atoms with E-state index < -0.39 is 76.5 Å². The van der Waals surface area contributed by atoms with E-state index in [4.69, 9.17) is 34.6 Å². The summed E-state index contributed by atoms with van der Waals surface area (Å²) in [6, 6.07) is 4.83. The van der Waals surface area contributed by atoms with Gasteiger partial charge in [-0.05, 0) is 68.4 Å². The summed E-state index contributed by atoms with van der Waals surface area (Å²) in [5.74, 6) is -4.25. The predicted molar refractivity (Wildman–Crippen MR) is 163 cm³/mol. The van der Waals surface area contributed by atoms with Gasteiger partial charge in [-0.3, -0.25) is 9.59 Å². The molecule has 6 rings (SSSR count). The number of ketones is 2. The lowest BCUT2D eigenvalue weighted by atomic mass is 9.44. The number of rotatable bonds is 7. The zero-order chi connectivity index (χ0) is 36.3. The highest BCUT2D eigenvalue weighted by Gasteiger charge is 2.80. The molecule has 270 valence electrons. The van der Waals surface area contributed by atoms with Crippen molar-refractivity contribution in [1.29, 1.82) is 0 Å². The first-order valence-corrected chi connectivity index (χ1v) is 16.0. The number of anilines is 1. The van der Waals surface area contributed by atoms with Crippen LogP contribution in [0.5, 0.6) is 11.5 Å². The minimum Gasteiger partial charge on any atom is -0.494 e. The van der Waals surface area contributed by atoms with Gasteiger partial charge in [0.15, 0.2) is 23.3 Å². The summed E-state index contributed by atoms with van der Waals surface area (Å²) in [4.78, 5) is 35.3. The molecule has 1 heterocycles. The van der Waals surface area contributed by atoms with Crippen LogP contribution in [0.2, 0.25) is 0 Å². The molecule has 1 aromatic rings. The molecule has 3 saturated carbocycles. The molecule has 0 aromatic heterocycles. The minimum atomic E-state index is -5.08. The number of hydrogen-bond acceptors (Lipinski definition) is 9. The minimum absolute atomic E-state index is 0.0585. The van der Waals surface area contributed by atoms with E-state index in [1.807, 2.05) is 13.8 Å². The predicted octanol–water partition coefficient (Wildman–Crippen LogP) is 5.07. The molecular formula is C34H40F5NO9. The molecule has 5 aliphatic rings. The van der Waals surface area contributed by atoms with Gasteiger partial charge in [-0.25, -0.2) is 13.6 Å². The number of nitrogen functional groups attached to an aromatic ring is 1. The Hall–Kier alpha value is -3.56. The number of methoxy groups -OCH3 is 1. The molecule has 1 unspecified atom stereocenters. The Morgan fingerprint density at radius 2 is 1.84 bits per heavy atom. The summed E-state index contributed by atoms with van der Waals surface area (Å²) in [5, 5.41) is 18.8. The SMILES string of the molecule is CCCC1O[C@@H]2C[C@H]3[C@@H]4C[C@H](F)C5=CC(=O)C=C[C@]5(C)[C@@]4(F)[C@@H](O)C[C@]3(C)[C@]2(C(=O)COc2ccc(N)c(OC)c2)O1.O=C(O)C(F)(F)F. The number of aliphatic hydroxyl groups excluding tert-OH is 1. The number of halogens is 5. The fourth-order valence-corrected chi connectivity index (χ4v) is 8.92. The van der Waals surface area contributed by atoms with Crippen LogP contribution in [0.15, 0.2) is 42.0 Å². The second kappa shape index (κ2) is 12.6. The van der Waals surface area contributed by atoms with E-state index in [0.29, 0.717) is 23.6 Å². The monoisotopic (exact) mass is 701 g/mol. The fourth-order valence-electron chi connectivity index (χ4n) is 8.92. The third-order valence-corrected chi connectivity index (χ3v) is 11.2. The van der Waals surface area contributed by atoms with Crippen molar-refractivity contribution < 1.29 is 65.5 Å². The molecule has 0 radical (unpaired) electrons. The van der Waals surface area contributed by atoms with Crippen LogP contribution in [0, 0.1) is 22.7 Å². The number of carbonyl (C=O) groups is 3. The molecule has 1 aliphatic heterocycles. The molecule has 1 aromatic carbocycles. The largest absolute Gasteiger partial charge is 0.494 e. The van der Waals surface area contributed by atoms with Gasteiger partial charge in [0.2, 0.25) is 5.78 Å². The molecule has 4 aliphatic carbocycles. The molecule has 4 N–H and O–H groups in total. The van der Waals surface area contributed by atoms with Crippen molar-refractivity contribution in [3.8, 4) is 11.5 Å². The van der Waals surface area contributed by atoms with Gasteiger partial charge >= 0.3 is 12.1 Å². The maximum absolute atomic E-state index is 17.6. The number of Topliss-reactive ketones (excluding diaryl/α,β-unsaturated/α-hetero) is 1. The molecule has 15 heteroatoms. The van der Waals surface area contributed by atoms with Gasteiger partial charge in [-0.2, -0.15) is 13.2 Å². The maximum Gasteiger partial charge on any atom is 0.490 e. The summed E-state index contributed by atoms with van der Waals surface area (Å²) in [5.41, 5.74) is 0.0155. The van der Waals surface area contributed by atoms with E-state index in [1.165, 1.54) is 25.3 Å². The van der Waals surface area contributed by atoms with Gasteiger partial charge in [0, 0.05) is 22.8 Å². The highest BCUT2D eigenvalue weighted by molar-refractivity contribution is 6.01. The van der Waals surface area contributed by atoms with Crippen molar-refractivity contribution >= 4 is 23.2 Å². The number of carboxylic acid groups (broad SMARTS) is 1. The number of fused-ring (bicyclic) bond motifs is 7. The first-order chi connectivity index (χ1) is 22.8. The van der Waals surface area contributed by atoms with Crippen molar-refractivity contribution in [2.75, 3.05) is 19.5 Å². The maximum atomic E-state index is 17.6. The van der Waals surface area contributed by atoms with Gasteiger partial charge in [0.05, 0.1) is 25.0 Å². The van der Waals surface area contributed by atoms with Crippen LogP contribution in [-0.4, -0.2) is 83.6 Å². The van der Waals surface area contributed by atoms with Crippen LogP contribution >= 0.6 is 0 Å². The van der Waals surface area contributed by atoms with Crippen LogP contribution in [-0.2, 0) is 23.9 Å². The van der Waals surface area contributed by atoms with E-state index in [-0.39, 0.29) is 37.2 Å². The smallest absolute Gasteiger partial charge is 0.490 e. The Balaban J connectivity index is 0.000000606. The standard InChI is InChI=1S/C32H39F2NO7.C2HF3O2/c1-5-6-28-41-27-14-19-20-13-22(33)21-11-17(36)9-10-29(21,2)31(20,34)25(37)15-30(19,3)32(27,42-28)26(38)16-40-18-7-8-23(35)24(12-18)39-4;3-2(4,5)1(6)7/h7-12,19-20,22,25,27-28,37H,5-6,13-16,35H2,1-4H3;(H,6,7)/t19-,20-,22-,25-,27+,28?,29-,30-,31-,32+;/m0./s1. The topological polar surface area (TPSA) is 155 Å². The van der Waals surface area contributed by atoms with E-state index in [2.05, 4.69) is 0 Å². The van der Waals surface area contributed by atoms with Crippen molar-refractivity contribution in [2.45, 2.75) is 95.0 Å². The molecule has 4 fully saturated rings. The normalized spacial score (nSPS) is 39.0. The lowest BCUT2D eigenvalue weighted by molar-refractivity contribution is -0.234. The highest BCUT2D eigenvalue weighted by atomic mass is 19.4. The van der Waals surface area contributed by atoms with Crippen LogP contribution in [0.4, 0.5) is 27.6 Å². The van der Waals surface area contributed by atoms with Gasteiger partial charge in [0.25, 0.3) is 0 Å². The Bertz CT molecular complexity index is 1570. The number of carbonyl (C=O) groups excluding carboxylic acids is 2. The molecule has 10 nitrogen and oxygen atoms in total. The number of aliphatic hydroxyl groups is 1. The number of allylic oxidation sites excluding steroid dienone is 4. The Morgan fingerprint density at radius 1 is 1.16 bits per heavy atom. The number of carboxylic acids is 1. The van der Waals surface area contributed by atoms with Crippen LogP contribution in [0.1, 0.15) is 52.9 Å². The summed E-state index contributed by atoms with van der Waals surface area (Å²) >= 11 is 0. The third-order valence-electron chi connectivity index (χ3n) is 11.2. The Kier molecular flexibility index (Phi) is 9.47. The number of alkyl halides is 5. The second-order valence-electron chi connectivity index (χ2n) is 13.7. The zero-order valence-electron chi connectivity index (χ0n) is 27.4. The zero-order valence-corrected chi connectivity index (χ0v) is 27.4. The lowest BCUT2D eigenvalue weighted by Crippen LogP contribution is -2.71. The Morgan fingerprint density at radius 3 is 2.45 bits per heavy atom. The lowest BCUT2D eigenvalue weighted by Gasteiger charge is -2.63. The van der Waals surface area contributed by atoms with Crippen molar-refractivity contribution in [3.63, 3.8) is 0 Å². The van der Waals surface area contributed by atoms with Crippen molar-refractivity contribution in [2.24, 2.45) is 22.7 Å². The van der Waals surface area contributed by atoms with Crippen LogP contribution in [0.25, 0.3) is 0 Å². The van der Waals surface area contributed by atoms with E-state index in [1.54, 1.807) is 25.1 Å². The summed E-state index contributed by atoms with van der Waals surface area (Å²) in [6.07, 6.45) is -4.49. The molecular weight excluding hydrogens is 661 g/mol. The van der Waals surface area contributed by atoms with E-state index in [0.717, 1.165) is 6.42 Å². The number of benzene rings is 1. The number of nitrogens with two attached hydrogens (primary N) is 1. The van der Waals surface area contributed by atoms with Gasteiger partial charge in [0.1, 0.15) is 24.3 Å². The molecule has 49 heavy (non-hydrogen) atoms. The third kappa shape index (κ3) is 5.61. The molecule has 10 atom stereocenters. The van der Waals surface area contributed by atoms with Crippen LogP contribution < -0.4 is 15.2 Å². The average Bonchev–Trinajstić information content (AvgIpc) is 3.51. The van der Waals surface area contributed by atoms with Crippen molar-refractivity contribution in [1.82, 2.24) is 0 Å².